The summed E-state index contributed by atoms with van der Waals surface area (Å²) in [6, 6.07) is 0.490. The van der Waals surface area contributed by atoms with Gasteiger partial charge in [-0.3, -0.25) is 4.90 Å². The molecule has 1 fully saturated rings. The Morgan fingerprint density at radius 2 is 2.12 bits per heavy atom. The maximum absolute atomic E-state index is 5.93. The third-order valence-electron chi connectivity index (χ3n) is 3.28. The summed E-state index contributed by atoms with van der Waals surface area (Å²) in [6.07, 6.45) is 1.60. The molecule has 2 atom stereocenters. The van der Waals surface area contributed by atoms with Crippen molar-refractivity contribution >= 4 is 0 Å². The molecule has 2 unspecified atom stereocenters. The second-order valence-corrected chi connectivity index (χ2v) is 5.04. The zero-order valence-electron chi connectivity index (χ0n) is 11.3. The van der Waals surface area contributed by atoms with Gasteiger partial charge in [-0.2, -0.15) is 0 Å². The first-order chi connectivity index (χ1) is 7.69. The van der Waals surface area contributed by atoms with Crippen LogP contribution in [0.4, 0.5) is 0 Å². The van der Waals surface area contributed by atoms with Crippen LogP contribution in [-0.2, 0) is 4.74 Å². The van der Waals surface area contributed by atoms with Gasteiger partial charge in [0.15, 0.2) is 0 Å². The van der Waals surface area contributed by atoms with Crippen LogP contribution in [0.3, 0.4) is 0 Å². The molecule has 0 saturated carbocycles. The van der Waals surface area contributed by atoms with Crippen LogP contribution in [0.2, 0.25) is 0 Å². The van der Waals surface area contributed by atoms with Crippen LogP contribution in [0.25, 0.3) is 0 Å². The van der Waals surface area contributed by atoms with E-state index in [1.54, 1.807) is 0 Å². The van der Waals surface area contributed by atoms with Crippen molar-refractivity contribution in [3.63, 3.8) is 0 Å². The first kappa shape index (κ1) is 13.9. The lowest BCUT2D eigenvalue weighted by atomic mass is 9.97. The largest absolute Gasteiger partial charge is 0.374 e. The predicted octanol–water partition coefficient (Wildman–Crippen LogP) is 1.73. The Balaban J connectivity index is 2.49. The molecular formula is C13H28N2O. The molecule has 3 nitrogen and oxygen atoms in total. The molecule has 16 heavy (non-hydrogen) atoms. The third-order valence-corrected chi connectivity index (χ3v) is 3.28. The van der Waals surface area contributed by atoms with Crippen molar-refractivity contribution in [3.8, 4) is 0 Å². The molecule has 96 valence electrons. The van der Waals surface area contributed by atoms with Gasteiger partial charge in [-0.05, 0) is 25.4 Å². The van der Waals surface area contributed by atoms with Crippen molar-refractivity contribution in [1.82, 2.24) is 10.2 Å². The Hall–Kier alpha value is -0.120. The molecule has 0 aromatic heterocycles. The summed E-state index contributed by atoms with van der Waals surface area (Å²) in [5, 5.41) is 3.56. The number of likely N-dealkylation sites (N-methyl/N-ethyl adjacent to an activating group) is 1. The molecule has 1 saturated heterocycles. The highest BCUT2D eigenvalue weighted by Gasteiger charge is 2.29. The fourth-order valence-electron chi connectivity index (χ4n) is 2.50. The summed E-state index contributed by atoms with van der Waals surface area (Å²) in [7, 11) is 0. The van der Waals surface area contributed by atoms with Crippen molar-refractivity contribution in [1.29, 1.82) is 0 Å². The molecule has 1 aliphatic rings. The molecule has 0 amide bonds. The van der Waals surface area contributed by atoms with Crippen LogP contribution in [0.1, 0.15) is 34.1 Å². The van der Waals surface area contributed by atoms with Gasteiger partial charge in [-0.1, -0.05) is 27.7 Å². The molecule has 1 rings (SSSR count). The average Bonchev–Trinajstić information content (AvgIpc) is 2.26. The minimum atomic E-state index is 0.361. The molecule has 1 aliphatic heterocycles. The quantitative estimate of drug-likeness (QED) is 0.749. The Morgan fingerprint density at radius 1 is 1.38 bits per heavy atom. The second kappa shape index (κ2) is 7.25. The smallest absolute Gasteiger partial charge is 0.0857 e. The van der Waals surface area contributed by atoms with Gasteiger partial charge in [0.1, 0.15) is 0 Å². The van der Waals surface area contributed by atoms with E-state index in [0.29, 0.717) is 18.1 Å². The van der Waals surface area contributed by atoms with Gasteiger partial charge in [0.25, 0.3) is 0 Å². The SMILES string of the molecule is CCCN1CCOC(C(NCC)C(C)C)C1. The fraction of sp³-hybridized carbons (Fsp3) is 1.00. The van der Waals surface area contributed by atoms with E-state index in [9.17, 15) is 0 Å². The number of ether oxygens (including phenoxy) is 1. The van der Waals surface area contributed by atoms with Gasteiger partial charge in [-0.15, -0.1) is 0 Å². The lowest BCUT2D eigenvalue weighted by Gasteiger charge is -2.38. The number of hydrogen-bond acceptors (Lipinski definition) is 3. The molecule has 0 radical (unpaired) electrons. The molecular weight excluding hydrogens is 200 g/mol. The van der Waals surface area contributed by atoms with Gasteiger partial charge in [0.2, 0.25) is 0 Å². The Morgan fingerprint density at radius 3 is 2.69 bits per heavy atom. The first-order valence-corrected chi connectivity index (χ1v) is 6.76. The Labute approximate surface area is 101 Å². The molecule has 0 aliphatic carbocycles. The highest BCUT2D eigenvalue weighted by atomic mass is 16.5. The maximum Gasteiger partial charge on any atom is 0.0857 e. The van der Waals surface area contributed by atoms with Crippen molar-refractivity contribution in [2.24, 2.45) is 5.92 Å². The van der Waals surface area contributed by atoms with E-state index in [1.807, 2.05) is 0 Å². The van der Waals surface area contributed by atoms with Crippen LogP contribution in [0.15, 0.2) is 0 Å². The number of nitrogens with zero attached hydrogens (tertiary/aromatic N) is 1. The van der Waals surface area contributed by atoms with Gasteiger partial charge >= 0.3 is 0 Å². The maximum atomic E-state index is 5.93. The number of rotatable bonds is 6. The number of nitrogens with one attached hydrogen (secondary N) is 1. The lowest BCUT2D eigenvalue weighted by Crippen LogP contribution is -2.54. The molecule has 1 N–H and O–H groups in total. The topological polar surface area (TPSA) is 24.5 Å². The molecule has 1 heterocycles. The highest BCUT2D eigenvalue weighted by Crippen LogP contribution is 2.15. The van der Waals surface area contributed by atoms with Crippen LogP contribution < -0.4 is 5.32 Å². The summed E-state index contributed by atoms with van der Waals surface area (Å²) in [4.78, 5) is 2.53. The summed E-state index contributed by atoms with van der Waals surface area (Å²) in [6.45, 7) is 14.3. The summed E-state index contributed by atoms with van der Waals surface area (Å²) >= 11 is 0. The monoisotopic (exact) mass is 228 g/mol. The Bertz CT molecular complexity index is 183. The zero-order valence-corrected chi connectivity index (χ0v) is 11.3. The van der Waals surface area contributed by atoms with Gasteiger partial charge < -0.3 is 10.1 Å². The third kappa shape index (κ3) is 4.04. The van der Waals surface area contributed by atoms with Gasteiger partial charge in [-0.25, -0.2) is 0 Å². The molecule has 0 bridgehead atoms. The molecule has 0 aromatic carbocycles. The van der Waals surface area contributed by atoms with E-state index in [2.05, 4.69) is 37.9 Å². The molecule has 0 spiro atoms. The van der Waals surface area contributed by atoms with E-state index < -0.39 is 0 Å². The van der Waals surface area contributed by atoms with E-state index in [0.717, 1.165) is 26.2 Å². The fourth-order valence-corrected chi connectivity index (χ4v) is 2.50. The van der Waals surface area contributed by atoms with Crippen molar-refractivity contribution < 1.29 is 4.74 Å². The lowest BCUT2D eigenvalue weighted by molar-refractivity contribution is -0.0535. The predicted molar refractivity (Wildman–Crippen MR) is 68.8 cm³/mol. The van der Waals surface area contributed by atoms with E-state index in [4.69, 9.17) is 4.74 Å². The normalized spacial score (nSPS) is 24.9. The minimum absolute atomic E-state index is 0.361. The number of morpholine rings is 1. The van der Waals surface area contributed by atoms with Crippen molar-refractivity contribution in [3.05, 3.63) is 0 Å². The van der Waals surface area contributed by atoms with E-state index in [1.165, 1.54) is 13.0 Å². The minimum Gasteiger partial charge on any atom is -0.374 e. The van der Waals surface area contributed by atoms with Crippen LogP contribution in [0.5, 0.6) is 0 Å². The van der Waals surface area contributed by atoms with Crippen LogP contribution in [0, 0.1) is 5.92 Å². The van der Waals surface area contributed by atoms with Crippen molar-refractivity contribution in [2.45, 2.75) is 46.3 Å². The molecule has 0 aromatic rings. The van der Waals surface area contributed by atoms with Crippen molar-refractivity contribution in [2.75, 3.05) is 32.8 Å². The average molecular weight is 228 g/mol. The standard InChI is InChI=1S/C13H28N2O/c1-5-7-15-8-9-16-12(10-15)13(11(3)4)14-6-2/h11-14H,5-10H2,1-4H3. The summed E-state index contributed by atoms with van der Waals surface area (Å²) < 4.78 is 5.93. The first-order valence-electron chi connectivity index (χ1n) is 6.76. The summed E-state index contributed by atoms with van der Waals surface area (Å²) in [5.74, 6) is 0.631. The van der Waals surface area contributed by atoms with Gasteiger partial charge in [0.05, 0.1) is 12.7 Å². The van der Waals surface area contributed by atoms with E-state index in [-0.39, 0.29) is 0 Å². The Kier molecular flexibility index (Phi) is 6.32. The van der Waals surface area contributed by atoms with E-state index >= 15 is 0 Å². The van der Waals surface area contributed by atoms with Crippen LogP contribution in [-0.4, -0.2) is 49.8 Å². The van der Waals surface area contributed by atoms with Crippen LogP contribution >= 0.6 is 0 Å². The zero-order chi connectivity index (χ0) is 12.0. The van der Waals surface area contributed by atoms with Gasteiger partial charge in [0, 0.05) is 19.1 Å². The number of hydrogen-bond donors (Lipinski definition) is 1. The second-order valence-electron chi connectivity index (χ2n) is 5.04. The summed E-state index contributed by atoms with van der Waals surface area (Å²) in [5.41, 5.74) is 0. The highest BCUT2D eigenvalue weighted by molar-refractivity contribution is 4.84. The molecule has 3 heteroatoms.